The highest BCUT2D eigenvalue weighted by molar-refractivity contribution is 7.89. The zero-order valence-electron chi connectivity index (χ0n) is 17.4. The molecule has 1 fully saturated rings. The van der Waals surface area contributed by atoms with Crippen LogP contribution in [0.15, 0.2) is 35.2 Å². The van der Waals surface area contributed by atoms with Gasteiger partial charge in [-0.25, -0.2) is 13.2 Å². The summed E-state index contributed by atoms with van der Waals surface area (Å²) < 4.78 is 32.1. The van der Waals surface area contributed by atoms with Crippen LogP contribution in [-0.4, -0.2) is 44.3 Å². The predicted octanol–water partition coefficient (Wildman–Crippen LogP) is 4.18. The molecule has 1 amide bonds. The Bertz CT molecular complexity index is 1040. The van der Waals surface area contributed by atoms with Crippen LogP contribution >= 0.6 is 22.9 Å². The lowest BCUT2D eigenvalue weighted by Gasteiger charge is -2.30. The van der Waals surface area contributed by atoms with E-state index in [4.69, 9.17) is 16.3 Å². The number of hydrogen-bond donors (Lipinski definition) is 1. The Hall–Kier alpha value is -1.94. The van der Waals surface area contributed by atoms with Crippen LogP contribution in [0.5, 0.6) is 0 Å². The van der Waals surface area contributed by atoms with E-state index in [-0.39, 0.29) is 36.4 Å². The summed E-state index contributed by atoms with van der Waals surface area (Å²) in [7, 11) is -3.63. The zero-order chi connectivity index (χ0) is 22.6. The second-order valence-electron chi connectivity index (χ2n) is 7.15. The van der Waals surface area contributed by atoms with Crippen LogP contribution in [0, 0.1) is 5.92 Å². The van der Waals surface area contributed by atoms with E-state index < -0.39 is 16.0 Å². The van der Waals surface area contributed by atoms with Crippen molar-refractivity contribution in [3.63, 3.8) is 0 Å². The lowest BCUT2D eigenvalue weighted by Crippen LogP contribution is -2.41. The fourth-order valence-electron chi connectivity index (χ4n) is 3.40. The molecule has 1 N–H and O–H groups in total. The van der Waals surface area contributed by atoms with E-state index in [1.54, 1.807) is 25.1 Å². The molecule has 0 spiro atoms. The number of aryl methyl sites for hydroxylation is 1. The number of nitrogens with zero attached hydrogens (tertiary/aromatic N) is 1. The molecule has 10 heteroatoms. The van der Waals surface area contributed by atoms with Gasteiger partial charge in [0.2, 0.25) is 15.9 Å². The van der Waals surface area contributed by atoms with Gasteiger partial charge in [-0.3, -0.25) is 4.79 Å². The highest BCUT2D eigenvalue weighted by Crippen LogP contribution is 2.31. The van der Waals surface area contributed by atoms with Crippen LogP contribution in [0.25, 0.3) is 0 Å². The number of thiophene rings is 1. The van der Waals surface area contributed by atoms with E-state index in [0.29, 0.717) is 28.4 Å². The second kappa shape index (κ2) is 10.1. The van der Waals surface area contributed by atoms with E-state index in [0.717, 1.165) is 11.3 Å². The van der Waals surface area contributed by atoms with Gasteiger partial charge in [0.15, 0.2) is 0 Å². The first-order chi connectivity index (χ1) is 14.8. The Kier molecular flexibility index (Phi) is 7.74. The topological polar surface area (TPSA) is 92.8 Å². The lowest BCUT2D eigenvalue weighted by molar-refractivity contribution is -0.120. The predicted molar refractivity (Wildman–Crippen MR) is 121 cm³/mol. The van der Waals surface area contributed by atoms with E-state index in [1.807, 2.05) is 6.92 Å². The summed E-state index contributed by atoms with van der Waals surface area (Å²) in [6.07, 6.45) is 1.55. The number of hydrogen-bond acceptors (Lipinski definition) is 6. The molecule has 0 saturated carbocycles. The molecule has 0 unspecified atom stereocenters. The molecular weight excluding hydrogens is 460 g/mol. The van der Waals surface area contributed by atoms with Crippen molar-refractivity contribution in [2.75, 3.05) is 25.0 Å². The molecular formula is C21H25ClN2O5S2. The van der Waals surface area contributed by atoms with Crippen molar-refractivity contribution in [1.82, 2.24) is 4.31 Å². The third-order valence-corrected chi connectivity index (χ3v) is 8.50. The first-order valence-corrected chi connectivity index (χ1v) is 12.8. The van der Waals surface area contributed by atoms with Gasteiger partial charge in [-0.05, 0) is 56.5 Å². The molecule has 0 radical (unpaired) electrons. The Morgan fingerprint density at radius 3 is 2.42 bits per heavy atom. The maximum Gasteiger partial charge on any atom is 0.341 e. The number of nitrogens with one attached hydrogen (secondary N) is 1. The van der Waals surface area contributed by atoms with Gasteiger partial charge in [0.25, 0.3) is 0 Å². The van der Waals surface area contributed by atoms with E-state index >= 15 is 0 Å². The van der Waals surface area contributed by atoms with Gasteiger partial charge in [0, 0.05) is 28.9 Å². The molecule has 168 valence electrons. The van der Waals surface area contributed by atoms with Gasteiger partial charge >= 0.3 is 5.97 Å². The van der Waals surface area contributed by atoms with Crippen LogP contribution in [-0.2, 0) is 26.0 Å². The molecule has 2 aromatic rings. The summed E-state index contributed by atoms with van der Waals surface area (Å²) >= 11 is 7.21. The average Bonchev–Trinajstić information content (AvgIpc) is 3.17. The lowest BCUT2D eigenvalue weighted by atomic mass is 9.97. The van der Waals surface area contributed by atoms with Crippen molar-refractivity contribution < 1.29 is 22.7 Å². The maximum atomic E-state index is 12.8. The van der Waals surface area contributed by atoms with E-state index in [9.17, 15) is 18.0 Å². The summed E-state index contributed by atoms with van der Waals surface area (Å²) in [5, 5.41) is 3.81. The molecule has 2 heterocycles. The molecule has 0 bridgehead atoms. The van der Waals surface area contributed by atoms with Crippen molar-refractivity contribution in [2.45, 2.75) is 38.0 Å². The number of anilines is 1. The number of amides is 1. The summed E-state index contributed by atoms with van der Waals surface area (Å²) in [5.74, 6) is -1.00. The number of sulfonamides is 1. The Morgan fingerprint density at radius 1 is 1.19 bits per heavy atom. The molecule has 0 aliphatic carbocycles. The van der Waals surface area contributed by atoms with Crippen molar-refractivity contribution in [1.29, 1.82) is 0 Å². The van der Waals surface area contributed by atoms with E-state index in [2.05, 4.69) is 5.32 Å². The maximum absolute atomic E-state index is 12.8. The number of halogens is 1. The van der Waals surface area contributed by atoms with Crippen LogP contribution in [0.1, 0.15) is 41.9 Å². The number of piperidine rings is 1. The summed E-state index contributed by atoms with van der Waals surface area (Å²) in [6, 6.07) is 7.80. The van der Waals surface area contributed by atoms with Crippen LogP contribution in [0.3, 0.4) is 0 Å². The van der Waals surface area contributed by atoms with Crippen molar-refractivity contribution in [2.24, 2.45) is 5.92 Å². The first kappa shape index (κ1) is 23.7. The molecule has 31 heavy (non-hydrogen) atoms. The number of carbonyl (C=O) groups excluding carboxylic acids is 2. The number of benzene rings is 1. The standard InChI is InChI=1S/C21H25ClN2O5S2/c1-3-16-13-18(21(26)29-4-2)20(30-16)23-19(25)14-9-11-24(12-10-14)31(27,28)17-7-5-15(22)6-8-17/h5-8,13-14H,3-4,9-12H2,1-2H3,(H,23,25). The SMILES string of the molecule is CCOC(=O)c1cc(CC)sc1NC(=O)C1CCN(S(=O)(=O)c2ccc(Cl)cc2)CC1. The highest BCUT2D eigenvalue weighted by atomic mass is 35.5. The summed E-state index contributed by atoms with van der Waals surface area (Å²) in [6.45, 7) is 4.46. The number of carbonyl (C=O) groups is 2. The molecule has 1 saturated heterocycles. The molecule has 7 nitrogen and oxygen atoms in total. The van der Waals surface area contributed by atoms with Crippen molar-refractivity contribution in [3.8, 4) is 0 Å². The van der Waals surface area contributed by atoms with E-state index in [1.165, 1.54) is 27.8 Å². The monoisotopic (exact) mass is 484 g/mol. The van der Waals surface area contributed by atoms with Gasteiger partial charge in [0.1, 0.15) is 5.00 Å². The van der Waals surface area contributed by atoms with Gasteiger partial charge in [-0.15, -0.1) is 11.3 Å². The second-order valence-corrected chi connectivity index (χ2v) is 10.7. The average molecular weight is 485 g/mol. The summed E-state index contributed by atoms with van der Waals surface area (Å²) in [4.78, 5) is 26.2. The number of ether oxygens (including phenoxy) is 1. The van der Waals surface area contributed by atoms with Gasteiger partial charge in [-0.2, -0.15) is 4.31 Å². The highest BCUT2D eigenvalue weighted by Gasteiger charge is 2.32. The van der Waals surface area contributed by atoms with Crippen LogP contribution < -0.4 is 5.32 Å². The van der Waals surface area contributed by atoms with Crippen molar-refractivity contribution >= 4 is 49.8 Å². The summed E-state index contributed by atoms with van der Waals surface area (Å²) in [5.41, 5.74) is 0.361. The molecule has 1 aliphatic heterocycles. The molecule has 1 aromatic carbocycles. The minimum Gasteiger partial charge on any atom is -0.462 e. The molecule has 1 aliphatic rings. The first-order valence-electron chi connectivity index (χ1n) is 10.1. The molecule has 3 rings (SSSR count). The van der Waals surface area contributed by atoms with Gasteiger partial charge < -0.3 is 10.1 Å². The Morgan fingerprint density at radius 2 is 1.84 bits per heavy atom. The minimum atomic E-state index is -3.63. The Balaban J connectivity index is 1.65. The smallest absolute Gasteiger partial charge is 0.341 e. The molecule has 1 aromatic heterocycles. The fourth-order valence-corrected chi connectivity index (χ4v) is 5.98. The normalized spacial score (nSPS) is 15.6. The minimum absolute atomic E-state index is 0.185. The quantitative estimate of drug-likeness (QED) is 0.595. The largest absolute Gasteiger partial charge is 0.462 e. The number of esters is 1. The van der Waals surface area contributed by atoms with Crippen molar-refractivity contribution in [3.05, 3.63) is 45.8 Å². The van der Waals surface area contributed by atoms with Gasteiger partial charge in [-0.1, -0.05) is 18.5 Å². The zero-order valence-corrected chi connectivity index (χ0v) is 19.8. The third kappa shape index (κ3) is 5.46. The fraction of sp³-hybridized carbons (Fsp3) is 0.429. The van der Waals surface area contributed by atoms with Gasteiger partial charge in [0.05, 0.1) is 17.1 Å². The Labute approximate surface area is 191 Å². The number of rotatable bonds is 7. The van der Waals surface area contributed by atoms with Crippen LogP contribution in [0.4, 0.5) is 5.00 Å². The third-order valence-electron chi connectivity index (χ3n) is 5.14. The van der Waals surface area contributed by atoms with Crippen LogP contribution in [0.2, 0.25) is 5.02 Å². The molecule has 0 atom stereocenters.